The number of aliphatic carboxylic acids is 1. The highest BCUT2D eigenvalue weighted by Crippen LogP contribution is 2.19. The van der Waals surface area contributed by atoms with Crippen molar-refractivity contribution in [1.29, 1.82) is 0 Å². The molecule has 0 atom stereocenters. The van der Waals surface area contributed by atoms with Crippen LogP contribution in [-0.4, -0.2) is 33.7 Å². The quantitative estimate of drug-likeness (QED) is 0.670. The average molecular weight is 216 g/mol. The lowest BCUT2D eigenvalue weighted by atomic mass is 10.4. The maximum Gasteiger partial charge on any atom is 0.357 e. The lowest BCUT2D eigenvalue weighted by molar-refractivity contribution is -0.136. The Kier molecular flexibility index (Phi) is 3.41. The van der Waals surface area contributed by atoms with E-state index in [1.807, 2.05) is 0 Å². The van der Waals surface area contributed by atoms with E-state index in [-0.39, 0.29) is 18.7 Å². The summed E-state index contributed by atoms with van der Waals surface area (Å²) in [6, 6.07) is 0. The molecule has 1 rings (SSSR count). The summed E-state index contributed by atoms with van der Waals surface area (Å²) in [4.78, 5) is 24.4. The monoisotopic (exact) mass is 216 g/mol. The first kappa shape index (κ1) is 10.5. The molecule has 1 aromatic heterocycles. The number of nitrogens with zero attached hydrogens (tertiary/aromatic N) is 1. The highest BCUT2D eigenvalue weighted by Gasteiger charge is 2.12. The zero-order valence-electron chi connectivity index (χ0n) is 7.06. The van der Waals surface area contributed by atoms with Gasteiger partial charge in [0, 0.05) is 6.54 Å². The van der Waals surface area contributed by atoms with Gasteiger partial charge in [0.2, 0.25) is 0 Å². The molecule has 0 saturated carbocycles. The molecule has 0 saturated heterocycles. The summed E-state index contributed by atoms with van der Waals surface area (Å²) in [7, 11) is 0. The number of carboxylic acids is 2. The van der Waals surface area contributed by atoms with Gasteiger partial charge in [-0.1, -0.05) is 0 Å². The normalized spacial score (nSPS) is 9.71. The van der Waals surface area contributed by atoms with Gasteiger partial charge in [0.05, 0.1) is 11.9 Å². The molecule has 0 bridgehead atoms. The van der Waals surface area contributed by atoms with Gasteiger partial charge in [-0.3, -0.25) is 4.79 Å². The largest absolute Gasteiger partial charge is 0.481 e. The Morgan fingerprint density at radius 3 is 2.79 bits per heavy atom. The van der Waals surface area contributed by atoms with E-state index in [1.165, 1.54) is 5.51 Å². The minimum atomic E-state index is -1.12. The van der Waals surface area contributed by atoms with E-state index in [2.05, 4.69) is 10.3 Å². The Hall–Kier alpha value is -1.63. The second-order valence-corrected chi connectivity index (χ2v) is 3.26. The number of thiazole rings is 1. The fraction of sp³-hybridized carbons (Fsp3) is 0.286. The van der Waals surface area contributed by atoms with E-state index in [0.717, 1.165) is 11.3 Å². The molecule has 1 aromatic rings. The van der Waals surface area contributed by atoms with E-state index in [4.69, 9.17) is 10.2 Å². The predicted octanol–water partition coefficient (Wildman–Crippen LogP) is 0.728. The van der Waals surface area contributed by atoms with Gasteiger partial charge in [-0.05, 0) is 0 Å². The van der Waals surface area contributed by atoms with Crippen LogP contribution in [0.25, 0.3) is 0 Å². The molecular formula is C7H8N2O4S. The fourth-order valence-corrected chi connectivity index (χ4v) is 1.51. The molecule has 0 fully saturated rings. The van der Waals surface area contributed by atoms with Crippen LogP contribution in [0.2, 0.25) is 0 Å². The first-order valence-electron chi connectivity index (χ1n) is 3.73. The van der Waals surface area contributed by atoms with Crippen molar-refractivity contribution in [2.45, 2.75) is 6.42 Å². The van der Waals surface area contributed by atoms with Crippen molar-refractivity contribution in [1.82, 2.24) is 4.98 Å². The maximum absolute atomic E-state index is 10.6. The Morgan fingerprint density at radius 2 is 2.21 bits per heavy atom. The summed E-state index contributed by atoms with van der Waals surface area (Å²) in [5, 5.41) is 20.1. The third kappa shape index (κ3) is 2.70. The smallest absolute Gasteiger partial charge is 0.357 e. The van der Waals surface area contributed by atoms with Crippen LogP contribution in [0.1, 0.15) is 16.9 Å². The molecular weight excluding hydrogens is 208 g/mol. The molecule has 0 radical (unpaired) electrons. The fourth-order valence-electron chi connectivity index (χ4n) is 0.807. The zero-order chi connectivity index (χ0) is 10.6. The summed E-state index contributed by atoms with van der Waals surface area (Å²) in [6.07, 6.45) is -0.0586. The first-order valence-corrected chi connectivity index (χ1v) is 4.61. The second kappa shape index (κ2) is 4.56. The molecule has 0 spiro atoms. The summed E-state index contributed by atoms with van der Waals surface area (Å²) in [5.74, 6) is -2.05. The number of rotatable bonds is 5. The van der Waals surface area contributed by atoms with Crippen molar-refractivity contribution < 1.29 is 19.8 Å². The number of anilines is 1. The van der Waals surface area contributed by atoms with Gasteiger partial charge >= 0.3 is 11.9 Å². The molecule has 14 heavy (non-hydrogen) atoms. The summed E-state index contributed by atoms with van der Waals surface area (Å²) in [6.45, 7) is 0.192. The van der Waals surface area contributed by atoms with Gasteiger partial charge in [0.15, 0.2) is 5.69 Å². The van der Waals surface area contributed by atoms with Crippen molar-refractivity contribution in [2.24, 2.45) is 0 Å². The highest BCUT2D eigenvalue weighted by atomic mass is 32.1. The number of hydrogen-bond donors (Lipinski definition) is 3. The van der Waals surface area contributed by atoms with Crippen molar-refractivity contribution in [3.8, 4) is 0 Å². The van der Waals surface area contributed by atoms with Crippen LogP contribution in [0.3, 0.4) is 0 Å². The van der Waals surface area contributed by atoms with Gasteiger partial charge in [-0.25, -0.2) is 9.78 Å². The van der Waals surface area contributed by atoms with Crippen LogP contribution in [0.5, 0.6) is 0 Å². The number of aromatic carboxylic acids is 1. The summed E-state index contributed by atoms with van der Waals surface area (Å²) >= 11 is 1.13. The molecule has 3 N–H and O–H groups in total. The maximum atomic E-state index is 10.6. The van der Waals surface area contributed by atoms with Crippen LogP contribution < -0.4 is 5.32 Å². The Labute approximate surface area is 83.2 Å². The van der Waals surface area contributed by atoms with Gasteiger partial charge in [0.1, 0.15) is 5.00 Å². The van der Waals surface area contributed by atoms with Crippen LogP contribution in [-0.2, 0) is 4.79 Å². The van der Waals surface area contributed by atoms with E-state index >= 15 is 0 Å². The SMILES string of the molecule is O=C(O)CCNc1scnc1C(=O)O. The van der Waals surface area contributed by atoms with E-state index in [9.17, 15) is 9.59 Å². The number of aromatic nitrogens is 1. The summed E-state index contributed by atoms with van der Waals surface area (Å²) in [5.41, 5.74) is 1.33. The molecule has 6 nitrogen and oxygen atoms in total. The Bertz CT molecular complexity index is 349. The minimum absolute atomic E-state index is 0.0586. The van der Waals surface area contributed by atoms with Crippen molar-refractivity contribution >= 4 is 28.3 Å². The number of hydrogen-bond acceptors (Lipinski definition) is 5. The van der Waals surface area contributed by atoms with Crippen LogP contribution >= 0.6 is 11.3 Å². The Balaban J connectivity index is 2.54. The second-order valence-electron chi connectivity index (χ2n) is 2.41. The molecule has 76 valence electrons. The van der Waals surface area contributed by atoms with Crippen molar-refractivity contribution in [2.75, 3.05) is 11.9 Å². The van der Waals surface area contributed by atoms with E-state index in [0.29, 0.717) is 5.00 Å². The third-order valence-corrected chi connectivity index (χ3v) is 2.18. The van der Waals surface area contributed by atoms with Crippen LogP contribution in [0.15, 0.2) is 5.51 Å². The molecule has 0 unspecified atom stereocenters. The van der Waals surface area contributed by atoms with Crippen LogP contribution in [0, 0.1) is 0 Å². The lowest BCUT2D eigenvalue weighted by Crippen LogP contribution is -2.09. The average Bonchev–Trinajstić information content (AvgIpc) is 2.51. The highest BCUT2D eigenvalue weighted by molar-refractivity contribution is 7.14. The molecule has 7 heteroatoms. The van der Waals surface area contributed by atoms with Gasteiger partial charge < -0.3 is 15.5 Å². The number of carboxylic acid groups (broad SMARTS) is 2. The minimum Gasteiger partial charge on any atom is -0.481 e. The molecule has 0 amide bonds. The molecule has 1 heterocycles. The third-order valence-electron chi connectivity index (χ3n) is 1.39. The standard InChI is InChI=1S/C7H8N2O4S/c10-4(11)1-2-8-6-5(7(12)13)9-3-14-6/h3,8H,1-2H2,(H,10,11)(H,12,13). The Morgan fingerprint density at radius 1 is 1.50 bits per heavy atom. The van der Waals surface area contributed by atoms with E-state index < -0.39 is 11.9 Å². The van der Waals surface area contributed by atoms with Crippen LogP contribution in [0.4, 0.5) is 5.00 Å². The van der Waals surface area contributed by atoms with E-state index in [1.54, 1.807) is 0 Å². The number of carbonyl (C=O) groups is 2. The molecule has 0 aliphatic rings. The first-order chi connectivity index (χ1) is 6.61. The topological polar surface area (TPSA) is 99.5 Å². The lowest BCUT2D eigenvalue weighted by Gasteiger charge is -2.00. The molecule has 0 aliphatic heterocycles. The van der Waals surface area contributed by atoms with Crippen molar-refractivity contribution in [3.63, 3.8) is 0 Å². The molecule has 0 aliphatic carbocycles. The van der Waals surface area contributed by atoms with Crippen molar-refractivity contribution in [3.05, 3.63) is 11.2 Å². The zero-order valence-corrected chi connectivity index (χ0v) is 7.87. The number of nitrogens with one attached hydrogen (secondary N) is 1. The molecule has 0 aromatic carbocycles. The van der Waals surface area contributed by atoms with Gasteiger partial charge in [-0.2, -0.15) is 0 Å². The summed E-state index contributed by atoms with van der Waals surface area (Å²) < 4.78 is 0. The predicted molar refractivity (Wildman–Crippen MR) is 49.8 cm³/mol. The van der Waals surface area contributed by atoms with Gasteiger partial charge in [-0.15, -0.1) is 11.3 Å². The van der Waals surface area contributed by atoms with Gasteiger partial charge in [0.25, 0.3) is 0 Å².